The van der Waals surface area contributed by atoms with Crippen molar-refractivity contribution in [3.05, 3.63) is 57.5 Å². The molecular weight excluding hydrogens is 258 g/mol. The van der Waals surface area contributed by atoms with Crippen LogP contribution in [0.25, 0.3) is 0 Å². The fourth-order valence-electron chi connectivity index (χ4n) is 1.58. The maximum Gasteiger partial charge on any atom is 0.312 e. The number of aromatic nitrogens is 2. The third-order valence-electron chi connectivity index (χ3n) is 2.63. The van der Waals surface area contributed by atoms with Gasteiger partial charge in [-0.3, -0.25) is 15.1 Å². The normalized spacial score (nSPS) is 9.80. The van der Waals surface area contributed by atoms with Gasteiger partial charge >= 0.3 is 5.69 Å². The molecule has 0 saturated carbocycles. The first-order valence-corrected chi connectivity index (χ1v) is 5.80. The number of rotatable bonds is 4. The Hall–Kier alpha value is -3.01. The van der Waals surface area contributed by atoms with Crippen LogP contribution in [0.4, 0.5) is 11.5 Å². The summed E-state index contributed by atoms with van der Waals surface area (Å²) in [6, 6.07) is 6.76. The van der Waals surface area contributed by atoms with E-state index < -0.39 is 4.92 Å². The van der Waals surface area contributed by atoms with Crippen LogP contribution in [-0.4, -0.2) is 14.9 Å². The van der Waals surface area contributed by atoms with E-state index in [1.165, 1.54) is 12.3 Å². The van der Waals surface area contributed by atoms with Crippen LogP contribution in [0.2, 0.25) is 0 Å². The lowest BCUT2D eigenvalue weighted by molar-refractivity contribution is -0.384. The summed E-state index contributed by atoms with van der Waals surface area (Å²) in [4.78, 5) is 18.4. The summed E-state index contributed by atoms with van der Waals surface area (Å²) in [5.74, 6) is 0.134. The zero-order valence-corrected chi connectivity index (χ0v) is 10.7. The summed E-state index contributed by atoms with van der Waals surface area (Å²) in [7, 11) is 0. The number of anilines is 1. The van der Waals surface area contributed by atoms with Gasteiger partial charge in [-0.25, -0.2) is 4.98 Å². The van der Waals surface area contributed by atoms with Crippen LogP contribution in [0.3, 0.4) is 0 Å². The van der Waals surface area contributed by atoms with Crippen molar-refractivity contribution in [1.82, 2.24) is 9.97 Å². The van der Waals surface area contributed by atoms with Gasteiger partial charge in [0.15, 0.2) is 0 Å². The number of aryl methyl sites for hydroxylation is 1. The van der Waals surface area contributed by atoms with E-state index >= 15 is 0 Å². The molecule has 0 fully saturated rings. The van der Waals surface area contributed by atoms with Crippen molar-refractivity contribution < 1.29 is 4.92 Å². The number of nitrogens with one attached hydrogen (secondary N) is 1. The zero-order chi connectivity index (χ0) is 14.5. The smallest absolute Gasteiger partial charge is 0.312 e. The Bertz CT molecular complexity index is 676. The fourth-order valence-corrected chi connectivity index (χ4v) is 1.58. The van der Waals surface area contributed by atoms with Crippen molar-refractivity contribution >= 4 is 11.5 Å². The van der Waals surface area contributed by atoms with E-state index in [9.17, 15) is 10.1 Å². The van der Waals surface area contributed by atoms with E-state index in [0.717, 1.165) is 11.3 Å². The molecule has 0 bridgehead atoms. The molecule has 2 aromatic heterocycles. The first-order valence-electron chi connectivity index (χ1n) is 5.80. The van der Waals surface area contributed by atoms with Crippen LogP contribution >= 0.6 is 0 Å². The van der Waals surface area contributed by atoms with Gasteiger partial charge in [0.05, 0.1) is 10.5 Å². The van der Waals surface area contributed by atoms with Crippen molar-refractivity contribution in [3.8, 4) is 6.07 Å². The minimum Gasteiger partial charge on any atom is -0.360 e. The minimum absolute atomic E-state index is 0.134. The molecule has 7 nitrogen and oxygen atoms in total. The molecular formula is C13H11N5O2. The highest BCUT2D eigenvalue weighted by molar-refractivity contribution is 5.58. The van der Waals surface area contributed by atoms with Crippen LogP contribution in [-0.2, 0) is 6.54 Å². The minimum atomic E-state index is -0.566. The lowest BCUT2D eigenvalue weighted by Crippen LogP contribution is -2.05. The van der Waals surface area contributed by atoms with Crippen molar-refractivity contribution in [2.24, 2.45) is 0 Å². The molecule has 0 radical (unpaired) electrons. The average Bonchev–Trinajstić information content (AvgIpc) is 2.46. The molecule has 20 heavy (non-hydrogen) atoms. The van der Waals surface area contributed by atoms with E-state index in [4.69, 9.17) is 5.26 Å². The quantitative estimate of drug-likeness (QED) is 0.673. The Balaban J connectivity index is 2.19. The maximum absolute atomic E-state index is 10.9. The van der Waals surface area contributed by atoms with Gasteiger partial charge in [-0.05, 0) is 18.6 Å². The SMILES string of the molecule is Cc1ccc(CNc2ncc(C#N)cc2[N+](=O)[O-])cn1. The molecule has 0 aliphatic heterocycles. The largest absolute Gasteiger partial charge is 0.360 e. The first-order chi connectivity index (χ1) is 9.60. The fraction of sp³-hybridized carbons (Fsp3) is 0.154. The summed E-state index contributed by atoms with van der Waals surface area (Å²) < 4.78 is 0. The second-order valence-corrected chi connectivity index (χ2v) is 4.12. The van der Waals surface area contributed by atoms with E-state index in [1.54, 1.807) is 6.20 Å². The number of nitriles is 1. The summed E-state index contributed by atoms with van der Waals surface area (Å²) in [5.41, 5.74) is 1.72. The Morgan fingerprint density at radius 3 is 2.80 bits per heavy atom. The number of pyridine rings is 2. The van der Waals surface area contributed by atoms with E-state index in [-0.39, 0.29) is 17.1 Å². The molecule has 1 N–H and O–H groups in total. The van der Waals surface area contributed by atoms with Crippen LogP contribution in [0.1, 0.15) is 16.8 Å². The van der Waals surface area contributed by atoms with Gasteiger partial charge in [0, 0.05) is 30.7 Å². The van der Waals surface area contributed by atoms with Gasteiger partial charge in [0.1, 0.15) is 6.07 Å². The summed E-state index contributed by atoms with van der Waals surface area (Å²) >= 11 is 0. The van der Waals surface area contributed by atoms with Crippen molar-refractivity contribution in [3.63, 3.8) is 0 Å². The molecule has 2 aromatic rings. The van der Waals surface area contributed by atoms with E-state index in [1.807, 2.05) is 25.1 Å². The second-order valence-electron chi connectivity index (χ2n) is 4.12. The molecule has 0 aliphatic carbocycles. The Labute approximate surface area is 115 Å². The van der Waals surface area contributed by atoms with E-state index in [0.29, 0.717) is 6.54 Å². The molecule has 2 heterocycles. The summed E-state index contributed by atoms with van der Waals surface area (Å²) in [6.45, 7) is 2.25. The Morgan fingerprint density at radius 1 is 1.40 bits per heavy atom. The lowest BCUT2D eigenvalue weighted by atomic mass is 10.2. The topological polar surface area (TPSA) is 105 Å². The van der Waals surface area contributed by atoms with Crippen molar-refractivity contribution in [2.45, 2.75) is 13.5 Å². The molecule has 2 rings (SSSR count). The average molecular weight is 269 g/mol. The number of nitrogens with zero attached hydrogens (tertiary/aromatic N) is 4. The number of nitro groups is 1. The molecule has 7 heteroatoms. The first kappa shape index (κ1) is 13.4. The van der Waals surface area contributed by atoms with Gasteiger partial charge in [-0.1, -0.05) is 6.07 Å². The van der Waals surface area contributed by atoms with Crippen LogP contribution in [0, 0.1) is 28.4 Å². The molecule has 0 saturated heterocycles. The maximum atomic E-state index is 10.9. The number of hydrogen-bond donors (Lipinski definition) is 1. The molecule has 0 atom stereocenters. The van der Waals surface area contributed by atoms with E-state index in [2.05, 4.69) is 15.3 Å². The zero-order valence-electron chi connectivity index (χ0n) is 10.7. The lowest BCUT2D eigenvalue weighted by Gasteiger charge is -2.06. The summed E-state index contributed by atoms with van der Waals surface area (Å²) in [6.07, 6.45) is 2.99. The van der Waals surface area contributed by atoms with Crippen LogP contribution in [0.15, 0.2) is 30.6 Å². The van der Waals surface area contributed by atoms with Gasteiger partial charge in [-0.15, -0.1) is 0 Å². The summed E-state index contributed by atoms with van der Waals surface area (Å²) in [5, 5.41) is 22.6. The third kappa shape index (κ3) is 3.05. The predicted octanol–water partition coefficient (Wildman–Crippen LogP) is 2.18. The molecule has 0 amide bonds. The predicted molar refractivity (Wildman–Crippen MR) is 71.9 cm³/mol. The number of hydrogen-bond acceptors (Lipinski definition) is 6. The van der Waals surface area contributed by atoms with Gasteiger partial charge in [0.25, 0.3) is 0 Å². The highest BCUT2D eigenvalue weighted by atomic mass is 16.6. The van der Waals surface area contributed by atoms with Gasteiger partial charge < -0.3 is 5.32 Å². The van der Waals surface area contributed by atoms with Gasteiger partial charge in [-0.2, -0.15) is 5.26 Å². The molecule has 0 aliphatic rings. The second kappa shape index (κ2) is 5.75. The molecule has 100 valence electrons. The Morgan fingerprint density at radius 2 is 2.20 bits per heavy atom. The van der Waals surface area contributed by atoms with Gasteiger partial charge in [0.2, 0.25) is 5.82 Å². The third-order valence-corrected chi connectivity index (χ3v) is 2.63. The van der Waals surface area contributed by atoms with Crippen molar-refractivity contribution in [1.29, 1.82) is 5.26 Å². The standard InChI is InChI=1S/C13H11N5O2/c1-9-2-3-10(6-15-9)7-16-13-12(18(19)20)4-11(5-14)8-17-13/h2-4,6,8H,7H2,1H3,(H,16,17). The monoisotopic (exact) mass is 269 g/mol. The highest BCUT2D eigenvalue weighted by Gasteiger charge is 2.16. The van der Waals surface area contributed by atoms with Crippen molar-refractivity contribution in [2.75, 3.05) is 5.32 Å². The molecule has 0 spiro atoms. The molecule has 0 unspecified atom stereocenters. The Kier molecular flexibility index (Phi) is 3.86. The molecule has 0 aromatic carbocycles. The van der Waals surface area contributed by atoms with Crippen LogP contribution < -0.4 is 5.32 Å². The highest BCUT2D eigenvalue weighted by Crippen LogP contribution is 2.22. The van der Waals surface area contributed by atoms with Crippen LogP contribution in [0.5, 0.6) is 0 Å².